The van der Waals surface area contributed by atoms with Gasteiger partial charge in [0.15, 0.2) is 0 Å². The molecule has 0 aromatic carbocycles. The third-order valence-electron chi connectivity index (χ3n) is 7.52. The largest absolute Gasteiger partial charge is 0.355 e. The summed E-state index contributed by atoms with van der Waals surface area (Å²) in [5.41, 5.74) is 2.62. The van der Waals surface area contributed by atoms with Gasteiger partial charge in [0.1, 0.15) is 0 Å². The van der Waals surface area contributed by atoms with E-state index < -0.39 is 0 Å². The van der Waals surface area contributed by atoms with Crippen molar-refractivity contribution in [2.24, 2.45) is 5.92 Å². The third kappa shape index (κ3) is 15.2. The summed E-state index contributed by atoms with van der Waals surface area (Å²) >= 11 is 0. The van der Waals surface area contributed by atoms with Crippen LogP contribution in [0.25, 0.3) is 11.4 Å². The first-order valence-electron chi connectivity index (χ1n) is 16.0. The Bertz CT molecular complexity index is 871. The lowest BCUT2D eigenvalue weighted by atomic mass is 10.0. The SMILES string of the molecule is CCCCCCCCCCCCCCCCCCNC(=O)[C@@H](NCc1cccc(-c2ccccn2)n1)C(C)C. The smallest absolute Gasteiger partial charge is 0.237 e. The highest BCUT2D eigenvalue weighted by atomic mass is 16.2. The predicted octanol–water partition coefficient (Wildman–Crippen LogP) is 8.64. The summed E-state index contributed by atoms with van der Waals surface area (Å²) in [6.45, 7) is 7.77. The van der Waals surface area contributed by atoms with Gasteiger partial charge in [-0.1, -0.05) is 129 Å². The summed E-state index contributed by atoms with van der Waals surface area (Å²) in [4.78, 5) is 22.0. The molecule has 0 spiro atoms. The predicted molar refractivity (Wildman–Crippen MR) is 165 cm³/mol. The van der Waals surface area contributed by atoms with Crippen LogP contribution >= 0.6 is 0 Å². The second-order valence-electron chi connectivity index (χ2n) is 11.4. The minimum atomic E-state index is -0.230. The third-order valence-corrected chi connectivity index (χ3v) is 7.52. The van der Waals surface area contributed by atoms with Crippen LogP contribution in [0.5, 0.6) is 0 Å². The molecule has 1 amide bonds. The van der Waals surface area contributed by atoms with E-state index >= 15 is 0 Å². The summed E-state index contributed by atoms with van der Waals surface area (Å²) in [5, 5.41) is 6.58. The number of rotatable bonds is 23. The number of amides is 1. The minimum absolute atomic E-state index is 0.0897. The summed E-state index contributed by atoms with van der Waals surface area (Å²) in [7, 11) is 0. The van der Waals surface area contributed by atoms with Gasteiger partial charge >= 0.3 is 0 Å². The molecule has 5 nitrogen and oxygen atoms in total. The second kappa shape index (κ2) is 21.5. The summed E-state index contributed by atoms with van der Waals surface area (Å²) in [5.74, 6) is 0.293. The summed E-state index contributed by atoms with van der Waals surface area (Å²) in [6.07, 6.45) is 23.5. The quantitative estimate of drug-likeness (QED) is 0.139. The lowest BCUT2D eigenvalue weighted by Gasteiger charge is -2.21. The van der Waals surface area contributed by atoms with Crippen LogP contribution in [0, 0.1) is 5.92 Å². The van der Waals surface area contributed by atoms with Crippen molar-refractivity contribution in [3.63, 3.8) is 0 Å². The monoisotopic (exact) mass is 536 g/mol. The van der Waals surface area contributed by atoms with Crippen molar-refractivity contribution in [2.45, 2.75) is 136 Å². The van der Waals surface area contributed by atoms with E-state index in [0.717, 1.165) is 30.0 Å². The van der Waals surface area contributed by atoms with E-state index in [0.29, 0.717) is 6.54 Å². The van der Waals surface area contributed by atoms with E-state index in [1.54, 1.807) is 6.20 Å². The minimum Gasteiger partial charge on any atom is -0.355 e. The number of nitrogens with zero attached hydrogens (tertiary/aromatic N) is 2. The zero-order valence-electron chi connectivity index (χ0n) is 25.2. The Balaban J connectivity index is 1.50. The molecule has 0 saturated carbocycles. The van der Waals surface area contributed by atoms with Crippen molar-refractivity contribution in [3.8, 4) is 11.4 Å². The lowest BCUT2D eigenvalue weighted by Crippen LogP contribution is -2.47. The van der Waals surface area contributed by atoms with Crippen LogP contribution < -0.4 is 10.6 Å². The molecule has 0 aliphatic carbocycles. The highest BCUT2D eigenvalue weighted by Crippen LogP contribution is 2.15. The maximum Gasteiger partial charge on any atom is 0.237 e. The van der Waals surface area contributed by atoms with Crippen LogP contribution in [-0.4, -0.2) is 28.5 Å². The van der Waals surface area contributed by atoms with Crippen molar-refractivity contribution in [1.29, 1.82) is 0 Å². The molecule has 0 unspecified atom stereocenters. The maximum absolute atomic E-state index is 12.9. The highest BCUT2D eigenvalue weighted by molar-refractivity contribution is 5.81. The van der Waals surface area contributed by atoms with Crippen molar-refractivity contribution in [3.05, 3.63) is 48.3 Å². The van der Waals surface area contributed by atoms with Gasteiger partial charge in [0.2, 0.25) is 5.91 Å². The Labute approximate surface area is 239 Å². The average Bonchev–Trinajstić information content (AvgIpc) is 2.95. The van der Waals surface area contributed by atoms with Gasteiger partial charge in [-0.25, -0.2) is 4.98 Å². The van der Waals surface area contributed by atoms with Crippen LogP contribution in [0.1, 0.15) is 129 Å². The molecule has 0 bridgehead atoms. The molecule has 0 saturated heterocycles. The fourth-order valence-electron chi connectivity index (χ4n) is 5.08. The fraction of sp³-hybridized carbons (Fsp3) is 0.676. The zero-order chi connectivity index (χ0) is 28.0. The number of hydrogen-bond donors (Lipinski definition) is 2. The summed E-state index contributed by atoms with van der Waals surface area (Å²) < 4.78 is 0. The Kier molecular flexibility index (Phi) is 18.2. The van der Waals surface area contributed by atoms with Crippen LogP contribution in [0.3, 0.4) is 0 Å². The van der Waals surface area contributed by atoms with E-state index in [4.69, 9.17) is 4.98 Å². The molecule has 0 fully saturated rings. The molecule has 218 valence electrons. The first kappa shape index (κ1) is 32.9. The van der Waals surface area contributed by atoms with Crippen LogP contribution in [0.4, 0.5) is 0 Å². The van der Waals surface area contributed by atoms with Gasteiger partial charge in [-0.05, 0) is 36.6 Å². The Morgan fingerprint density at radius 1 is 0.718 bits per heavy atom. The topological polar surface area (TPSA) is 66.9 Å². The maximum atomic E-state index is 12.9. The molecule has 5 heteroatoms. The molecule has 2 rings (SSSR count). The van der Waals surface area contributed by atoms with Crippen LogP contribution in [0.2, 0.25) is 0 Å². The molecular weight excluding hydrogens is 480 g/mol. The molecule has 39 heavy (non-hydrogen) atoms. The van der Waals surface area contributed by atoms with E-state index in [1.807, 2.05) is 36.4 Å². The second-order valence-corrected chi connectivity index (χ2v) is 11.4. The molecule has 2 N–H and O–H groups in total. The number of aromatic nitrogens is 2. The Morgan fingerprint density at radius 3 is 1.82 bits per heavy atom. The van der Waals surface area contributed by atoms with Gasteiger partial charge in [-0.15, -0.1) is 0 Å². The van der Waals surface area contributed by atoms with Gasteiger partial charge in [-0.3, -0.25) is 15.1 Å². The molecule has 2 aromatic heterocycles. The first-order valence-corrected chi connectivity index (χ1v) is 16.0. The molecule has 2 heterocycles. The number of nitrogens with one attached hydrogen (secondary N) is 2. The zero-order valence-corrected chi connectivity index (χ0v) is 25.2. The van der Waals surface area contributed by atoms with Crippen LogP contribution in [-0.2, 0) is 11.3 Å². The van der Waals surface area contributed by atoms with Crippen molar-refractivity contribution in [2.75, 3.05) is 6.54 Å². The van der Waals surface area contributed by atoms with E-state index in [9.17, 15) is 4.79 Å². The highest BCUT2D eigenvalue weighted by Gasteiger charge is 2.21. The Hall–Kier alpha value is -2.27. The number of carbonyl (C=O) groups is 1. The molecule has 2 aromatic rings. The first-order chi connectivity index (χ1) is 19.1. The van der Waals surface area contributed by atoms with E-state index in [1.165, 1.54) is 96.3 Å². The van der Waals surface area contributed by atoms with Gasteiger partial charge in [0.05, 0.1) is 23.1 Å². The van der Waals surface area contributed by atoms with Crippen LogP contribution in [0.15, 0.2) is 42.6 Å². The molecule has 0 radical (unpaired) electrons. The normalized spacial score (nSPS) is 12.1. The number of unbranched alkanes of at least 4 members (excludes halogenated alkanes) is 15. The lowest BCUT2D eigenvalue weighted by molar-refractivity contribution is -0.124. The standard InChI is InChI=1S/C34H56N4O/c1-4-5-6-7-8-9-10-11-12-13-14-15-16-17-18-20-27-36-34(39)33(29(2)3)37-28-30-23-22-25-32(38-30)31-24-19-21-26-35-31/h19,21-26,29,33,37H,4-18,20,27-28H2,1-3H3,(H,36,39)/t33-/m0/s1. The van der Waals surface area contributed by atoms with Gasteiger partial charge in [0.25, 0.3) is 0 Å². The molecule has 1 atom stereocenters. The summed E-state index contributed by atoms with van der Waals surface area (Å²) in [6, 6.07) is 11.6. The van der Waals surface area contributed by atoms with E-state index in [2.05, 4.69) is 36.4 Å². The number of carbonyl (C=O) groups excluding carboxylic acids is 1. The molecule has 0 aliphatic rings. The van der Waals surface area contributed by atoms with Gasteiger partial charge in [0, 0.05) is 19.3 Å². The Morgan fingerprint density at radius 2 is 1.28 bits per heavy atom. The van der Waals surface area contributed by atoms with Crippen molar-refractivity contribution >= 4 is 5.91 Å². The average molecular weight is 537 g/mol. The van der Waals surface area contributed by atoms with E-state index in [-0.39, 0.29) is 17.9 Å². The molecule has 0 aliphatic heterocycles. The van der Waals surface area contributed by atoms with Crippen molar-refractivity contribution in [1.82, 2.24) is 20.6 Å². The number of hydrogen-bond acceptors (Lipinski definition) is 4. The van der Waals surface area contributed by atoms with Gasteiger partial charge < -0.3 is 5.32 Å². The molecular formula is C34H56N4O. The fourth-order valence-corrected chi connectivity index (χ4v) is 5.08. The number of pyridine rings is 2. The van der Waals surface area contributed by atoms with Crippen molar-refractivity contribution < 1.29 is 4.79 Å². The van der Waals surface area contributed by atoms with Gasteiger partial charge in [-0.2, -0.15) is 0 Å².